The molecule has 0 bridgehead atoms. The Balaban J connectivity index is 0.00000136. The fraction of sp³-hybridized carbons (Fsp3) is 0.429. The van der Waals surface area contributed by atoms with Crippen LogP contribution < -0.4 is 16.0 Å². The van der Waals surface area contributed by atoms with Crippen molar-refractivity contribution in [1.82, 2.24) is 15.5 Å². The Morgan fingerprint density at radius 3 is 2.54 bits per heavy atom. The SMILES string of the molecule is CC(C)c1ccc(CC(=O)NC2CCN(c3ccc(C#N)nn3)C2)cc1.CN. The van der Waals surface area contributed by atoms with Crippen LogP contribution in [0.25, 0.3) is 0 Å². The summed E-state index contributed by atoms with van der Waals surface area (Å²) in [6, 6.07) is 13.8. The monoisotopic (exact) mass is 380 g/mol. The molecule has 3 rings (SSSR count). The Hall–Kier alpha value is -2.98. The largest absolute Gasteiger partial charge is 0.353 e. The lowest BCUT2D eigenvalue weighted by Crippen LogP contribution is -2.38. The summed E-state index contributed by atoms with van der Waals surface area (Å²) >= 11 is 0. The maximum Gasteiger partial charge on any atom is 0.224 e. The van der Waals surface area contributed by atoms with E-state index in [9.17, 15) is 4.79 Å². The van der Waals surface area contributed by atoms with Crippen molar-refractivity contribution in [2.45, 2.75) is 38.6 Å². The highest BCUT2D eigenvalue weighted by Gasteiger charge is 2.25. The third-order valence-electron chi connectivity index (χ3n) is 4.65. The van der Waals surface area contributed by atoms with Crippen molar-refractivity contribution in [1.29, 1.82) is 5.26 Å². The first-order chi connectivity index (χ1) is 13.5. The normalized spacial score (nSPS) is 15.6. The van der Waals surface area contributed by atoms with Crippen LogP contribution in [0.15, 0.2) is 36.4 Å². The van der Waals surface area contributed by atoms with E-state index in [1.807, 2.05) is 18.2 Å². The Bertz CT molecular complexity index is 795. The van der Waals surface area contributed by atoms with Gasteiger partial charge in [-0.1, -0.05) is 38.1 Å². The molecule has 28 heavy (non-hydrogen) atoms. The van der Waals surface area contributed by atoms with E-state index in [1.54, 1.807) is 12.1 Å². The standard InChI is InChI=1S/C20H23N5O.CH5N/c1-14(2)16-5-3-15(4-6-16)11-20(26)22-18-9-10-25(13-18)19-8-7-17(12-21)23-24-19;1-2/h3-8,14,18H,9-11,13H2,1-2H3,(H,22,26);2H2,1H3. The molecule has 1 unspecified atom stereocenters. The van der Waals surface area contributed by atoms with E-state index in [0.717, 1.165) is 24.3 Å². The van der Waals surface area contributed by atoms with E-state index in [2.05, 4.69) is 52.1 Å². The van der Waals surface area contributed by atoms with Crippen LogP contribution in [0.1, 0.15) is 43.0 Å². The number of hydrogen-bond acceptors (Lipinski definition) is 6. The zero-order valence-corrected chi connectivity index (χ0v) is 16.7. The van der Waals surface area contributed by atoms with Gasteiger partial charge in [0, 0.05) is 19.1 Å². The van der Waals surface area contributed by atoms with E-state index >= 15 is 0 Å². The fourth-order valence-electron chi connectivity index (χ4n) is 3.12. The Labute approximate surface area is 166 Å². The molecule has 1 amide bonds. The molecular weight excluding hydrogens is 352 g/mol. The second-order valence-corrected chi connectivity index (χ2v) is 6.96. The molecule has 148 valence electrons. The predicted octanol–water partition coefficient (Wildman–Crippen LogP) is 1.98. The molecule has 2 aromatic rings. The predicted molar refractivity (Wildman–Crippen MR) is 110 cm³/mol. The number of benzene rings is 1. The number of nitrogens with one attached hydrogen (secondary N) is 1. The number of amides is 1. The van der Waals surface area contributed by atoms with Crippen LogP contribution in [0.3, 0.4) is 0 Å². The molecule has 1 atom stereocenters. The molecule has 1 aliphatic rings. The first kappa shape index (κ1) is 21.3. The van der Waals surface area contributed by atoms with Gasteiger partial charge in [-0.25, -0.2) is 0 Å². The van der Waals surface area contributed by atoms with Crippen molar-refractivity contribution in [2.75, 3.05) is 25.0 Å². The molecule has 0 radical (unpaired) electrons. The summed E-state index contributed by atoms with van der Waals surface area (Å²) in [5.41, 5.74) is 7.12. The van der Waals surface area contributed by atoms with Crippen LogP contribution in [-0.4, -0.2) is 42.3 Å². The summed E-state index contributed by atoms with van der Waals surface area (Å²) in [4.78, 5) is 14.4. The summed E-state index contributed by atoms with van der Waals surface area (Å²) in [7, 11) is 1.50. The topological polar surface area (TPSA) is 108 Å². The molecule has 1 aromatic heterocycles. The minimum atomic E-state index is 0.0417. The van der Waals surface area contributed by atoms with E-state index in [0.29, 0.717) is 24.6 Å². The summed E-state index contributed by atoms with van der Waals surface area (Å²) in [5, 5.41) is 19.8. The molecule has 0 saturated carbocycles. The average molecular weight is 380 g/mol. The molecule has 0 spiro atoms. The van der Waals surface area contributed by atoms with Crippen LogP contribution in [0.5, 0.6) is 0 Å². The van der Waals surface area contributed by atoms with Gasteiger partial charge in [0.2, 0.25) is 5.91 Å². The molecule has 1 aromatic carbocycles. The lowest BCUT2D eigenvalue weighted by atomic mass is 10.0. The Morgan fingerprint density at radius 1 is 1.25 bits per heavy atom. The third kappa shape index (κ3) is 5.76. The molecule has 1 saturated heterocycles. The van der Waals surface area contributed by atoms with Gasteiger partial charge in [-0.15, -0.1) is 10.2 Å². The lowest BCUT2D eigenvalue weighted by molar-refractivity contribution is -0.121. The first-order valence-electron chi connectivity index (χ1n) is 9.50. The van der Waals surface area contributed by atoms with Crippen LogP contribution in [-0.2, 0) is 11.2 Å². The molecule has 1 fully saturated rings. The third-order valence-corrected chi connectivity index (χ3v) is 4.65. The number of rotatable bonds is 5. The van der Waals surface area contributed by atoms with Crippen molar-refractivity contribution >= 4 is 11.7 Å². The molecule has 7 heteroatoms. The molecule has 0 aliphatic carbocycles. The molecule has 2 heterocycles. The van der Waals surface area contributed by atoms with Crippen molar-refractivity contribution in [3.63, 3.8) is 0 Å². The van der Waals surface area contributed by atoms with E-state index in [1.165, 1.54) is 12.6 Å². The van der Waals surface area contributed by atoms with Crippen LogP contribution in [0.2, 0.25) is 0 Å². The number of anilines is 1. The van der Waals surface area contributed by atoms with Gasteiger partial charge in [-0.2, -0.15) is 5.26 Å². The Kier molecular flexibility index (Phi) is 7.90. The van der Waals surface area contributed by atoms with Crippen molar-refractivity contribution in [2.24, 2.45) is 5.73 Å². The number of nitrogens with zero attached hydrogens (tertiary/aromatic N) is 4. The molecule has 3 N–H and O–H groups in total. The zero-order valence-electron chi connectivity index (χ0n) is 16.7. The molecule has 1 aliphatic heterocycles. The minimum absolute atomic E-state index is 0.0417. The van der Waals surface area contributed by atoms with E-state index in [-0.39, 0.29) is 11.9 Å². The van der Waals surface area contributed by atoms with Crippen molar-refractivity contribution < 1.29 is 4.79 Å². The van der Waals surface area contributed by atoms with Crippen LogP contribution >= 0.6 is 0 Å². The Morgan fingerprint density at radius 2 is 1.96 bits per heavy atom. The van der Waals surface area contributed by atoms with Gasteiger partial charge in [0.1, 0.15) is 6.07 Å². The smallest absolute Gasteiger partial charge is 0.224 e. The highest BCUT2D eigenvalue weighted by Crippen LogP contribution is 2.18. The molecular formula is C21H28N6O. The van der Waals surface area contributed by atoms with Crippen LogP contribution in [0, 0.1) is 11.3 Å². The highest BCUT2D eigenvalue weighted by molar-refractivity contribution is 5.79. The maximum absolute atomic E-state index is 12.3. The molecule has 7 nitrogen and oxygen atoms in total. The van der Waals surface area contributed by atoms with Gasteiger partial charge in [-0.3, -0.25) is 4.79 Å². The number of nitriles is 1. The van der Waals surface area contributed by atoms with Gasteiger partial charge in [0.25, 0.3) is 0 Å². The second kappa shape index (κ2) is 10.4. The summed E-state index contributed by atoms with van der Waals surface area (Å²) in [6.07, 6.45) is 1.27. The van der Waals surface area contributed by atoms with Crippen LogP contribution in [0.4, 0.5) is 5.82 Å². The quantitative estimate of drug-likeness (QED) is 0.821. The van der Waals surface area contributed by atoms with Gasteiger partial charge >= 0.3 is 0 Å². The second-order valence-electron chi connectivity index (χ2n) is 6.96. The number of aromatic nitrogens is 2. The maximum atomic E-state index is 12.3. The minimum Gasteiger partial charge on any atom is -0.353 e. The average Bonchev–Trinajstić information content (AvgIpc) is 3.18. The first-order valence-corrected chi connectivity index (χ1v) is 9.50. The highest BCUT2D eigenvalue weighted by atomic mass is 16.1. The number of hydrogen-bond donors (Lipinski definition) is 2. The van der Waals surface area contributed by atoms with E-state index < -0.39 is 0 Å². The summed E-state index contributed by atoms with van der Waals surface area (Å²) < 4.78 is 0. The summed E-state index contributed by atoms with van der Waals surface area (Å²) in [6.45, 7) is 5.84. The number of carbonyl (C=O) groups excluding carboxylic acids is 1. The van der Waals surface area contributed by atoms with Gasteiger partial charge < -0.3 is 16.0 Å². The van der Waals surface area contributed by atoms with Crippen molar-refractivity contribution in [3.8, 4) is 6.07 Å². The number of nitrogens with two attached hydrogens (primary N) is 1. The summed E-state index contributed by atoms with van der Waals surface area (Å²) in [5.74, 6) is 1.28. The number of carbonyl (C=O) groups is 1. The van der Waals surface area contributed by atoms with Gasteiger partial charge in [-0.05, 0) is 42.6 Å². The van der Waals surface area contributed by atoms with Gasteiger partial charge in [0.15, 0.2) is 11.5 Å². The fourth-order valence-corrected chi connectivity index (χ4v) is 3.12. The van der Waals surface area contributed by atoms with E-state index in [4.69, 9.17) is 5.26 Å². The lowest BCUT2D eigenvalue weighted by Gasteiger charge is -2.17. The zero-order chi connectivity index (χ0) is 20.5. The van der Waals surface area contributed by atoms with Gasteiger partial charge in [0.05, 0.1) is 6.42 Å². The van der Waals surface area contributed by atoms with Crippen molar-refractivity contribution in [3.05, 3.63) is 53.2 Å².